The van der Waals surface area contributed by atoms with Crippen LogP contribution >= 0.6 is 0 Å². The Bertz CT molecular complexity index is 908. The first-order valence-corrected chi connectivity index (χ1v) is 8.58. The number of nitrogen functional groups attached to an aromatic ring is 1. The molecule has 0 unspecified atom stereocenters. The van der Waals surface area contributed by atoms with Crippen LogP contribution < -0.4 is 10.5 Å². The second-order valence-electron chi connectivity index (χ2n) is 5.06. The average molecular weight is 324 g/mol. The molecule has 23 heavy (non-hydrogen) atoms. The standard InChI is InChI=1S/C18H16N2O2S/c19-17-13-7-12-16(14-8-3-1-4-9-14)18(17)23(21,22)20-15-10-5-2-6-11-15/h1-13,20H,19H2. The second kappa shape index (κ2) is 6.14. The minimum atomic E-state index is -3.80. The molecule has 0 saturated carbocycles. The molecular weight excluding hydrogens is 308 g/mol. The fourth-order valence-corrected chi connectivity index (χ4v) is 3.81. The summed E-state index contributed by atoms with van der Waals surface area (Å²) < 4.78 is 28.2. The van der Waals surface area contributed by atoms with Crippen LogP contribution in [0, 0.1) is 0 Å². The lowest BCUT2D eigenvalue weighted by Crippen LogP contribution is -2.16. The third-order valence-electron chi connectivity index (χ3n) is 3.43. The van der Waals surface area contributed by atoms with Crippen LogP contribution in [0.25, 0.3) is 11.1 Å². The first kappa shape index (κ1) is 15.1. The van der Waals surface area contributed by atoms with Crippen LogP contribution in [0.5, 0.6) is 0 Å². The van der Waals surface area contributed by atoms with Crippen LogP contribution in [0.4, 0.5) is 11.4 Å². The zero-order chi connectivity index (χ0) is 16.3. The lowest BCUT2D eigenvalue weighted by Gasteiger charge is -2.14. The van der Waals surface area contributed by atoms with Gasteiger partial charge in [-0.25, -0.2) is 8.42 Å². The molecule has 0 aliphatic rings. The molecule has 0 radical (unpaired) electrons. The Hall–Kier alpha value is -2.79. The van der Waals surface area contributed by atoms with Gasteiger partial charge in [0.1, 0.15) is 4.90 Å². The number of nitrogens with two attached hydrogens (primary N) is 1. The lowest BCUT2D eigenvalue weighted by atomic mass is 10.1. The highest BCUT2D eigenvalue weighted by Gasteiger charge is 2.22. The van der Waals surface area contributed by atoms with E-state index in [4.69, 9.17) is 5.73 Å². The highest BCUT2D eigenvalue weighted by molar-refractivity contribution is 7.93. The van der Waals surface area contributed by atoms with Crippen molar-refractivity contribution in [3.8, 4) is 11.1 Å². The molecule has 3 N–H and O–H groups in total. The van der Waals surface area contributed by atoms with Gasteiger partial charge in [0.05, 0.1) is 5.69 Å². The Kier molecular flexibility index (Phi) is 4.04. The van der Waals surface area contributed by atoms with Crippen molar-refractivity contribution in [2.75, 3.05) is 10.5 Å². The van der Waals surface area contributed by atoms with E-state index in [-0.39, 0.29) is 10.6 Å². The number of anilines is 2. The molecule has 0 aliphatic carbocycles. The van der Waals surface area contributed by atoms with Crippen LogP contribution in [0.2, 0.25) is 0 Å². The molecule has 116 valence electrons. The predicted molar refractivity (Wildman–Crippen MR) is 93.5 cm³/mol. The van der Waals surface area contributed by atoms with Gasteiger partial charge in [0.15, 0.2) is 0 Å². The van der Waals surface area contributed by atoms with E-state index in [1.807, 2.05) is 36.4 Å². The summed E-state index contributed by atoms with van der Waals surface area (Å²) in [5, 5.41) is 0. The summed E-state index contributed by atoms with van der Waals surface area (Å²) >= 11 is 0. The SMILES string of the molecule is Nc1cccc(-c2ccccc2)c1S(=O)(=O)Nc1ccccc1. The summed E-state index contributed by atoms with van der Waals surface area (Å²) in [5.74, 6) is 0. The van der Waals surface area contributed by atoms with Gasteiger partial charge < -0.3 is 5.73 Å². The number of sulfonamides is 1. The Morgan fingerprint density at radius 3 is 2.00 bits per heavy atom. The molecule has 3 aromatic carbocycles. The van der Waals surface area contributed by atoms with Crippen LogP contribution in [0.3, 0.4) is 0 Å². The molecule has 0 aliphatic heterocycles. The molecule has 3 rings (SSSR count). The van der Waals surface area contributed by atoms with Gasteiger partial charge in [-0.3, -0.25) is 4.72 Å². The van der Waals surface area contributed by atoms with Crippen LogP contribution in [-0.2, 0) is 10.0 Å². The van der Waals surface area contributed by atoms with Gasteiger partial charge >= 0.3 is 0 Å². The van der Waals surface area contributed by atoms with E-state index in [1.54, 1.807) is 42.5 Å². The zero-order valence-electron chi connectivity index (χ0n) is 12.3. The van der Waals surface area contributed by atoms with Crippen molar-refractivity contribution < 1.29 is 8.42 Å². The van der Waals surface area contributed by atoms with Gasteiger partial charge in [0, 0.05) is 11.3 Å². The van der Waals surface area contributed by atoms with Crippen molar-refractivity contribution in [2.24, 2.45) is 0 Å². The zero-order valence-corrected chi connectivity index (χ0v) is 13.1. The quantitative estimate of drug-likeness (QED) is 0.718. The van der Waals surface area contributed by atoms with E-state index in [0.717, 1.165) is 5.56 Å². The normalized spacial score (nSPS) is 11.1. The predicted octanol–water partition coefficient (Wildman–Crippen LogP) is 3.74. The molecular formula is C18H16N2O2S. The summed E-state index contributed by atoms with van der Waals surface area (Å²) in [5.41, 5.74) is 8.07. The maximum atomic E-state index is 12.8. The Morgan fingerprint density at radius 2 is 1.35 bits per heavy atom. The van der Waals surface area contributed by atoms with Crippen molar-refractivity contribution >= 4 is 21.4 Å². The number of para-hydroxylation sites is 1. The molecule has 3 aromatic rings. The number of hydrogen-bond acceptors (Lipinski definition) is 3. The molecule has 0 saturated heterocycles. The summed E-state index contributed by atoms with van der Waals surface area (Å²) in [7, 11) is -3.80. The number of benzene rings is 3. The van der Waals surface area contributed by atoms with Crippen LogP contribution in [0.1, 0.15) is 0 Å². The summed E-state index contributed by atoms with van der Waals surface area (Å²) in [4.78, 5) is 0.0926. The molecule has 4 nitrogen and oxygen atoms in total. The van der Waals surface area contributed by atoms with Crippen molar-refractivity contribution in [3.05, 3.63) is 78.9 Å². The Morgan fingerprint density at radius 1 is 0.739 bits per heavy atom. The third kappa shape index (κ3) is 3.19. The number of rotatable bonds is 4. The summed E-state index contributed by atoms with van der Waals surface area (Å²) in [6.07, 6.45) is 0. The van der Waals surface area contributed by atoms with Crippen molar-refractivity contribution in [1.82, 2.24) is 0 Å². The van der Waals surface area contributed by atoms with E-state index in [9.17, 15) is 8.42 Å². The number of hydrogen-bond donors (Lipinski definition) is 2. The van der Waals surface area contributed by atoms with E-state index in [0.29, 0.717) is 11.3 Å². The lowest BCUT2D eigenvalue weighted by molar-refractivity contribution is 0.602. The topological polar surface area (TPSA) is 72.2 Å². The largest absolute Gasteiger partial charge is 0.398 e. The minimum absolute atomic E-state index is 0.0926. The molecule has 0 amide bonds. The molecule has 0 fully saturated rings. The van der Waals surface area contributed by atoms with E-state index < -0.39 is 10.0 Å². The maximum absolute atomic E-state index is 12.8. The molecule has 0 spiro atoms. The van der Waals surface area contributed by atoms with E-state index in [1.165, 1.54) is 0 Å². The highest BCUT2D eigenvalue weighted by atomic mass is 32.2. The van der Waals surface area contributed by atoms with Crippen LogP contribution in [-0.4, -0.2) is 8.42 Å². The summed E-state index contributed by atoms with van der Waals surface area (Å²) in [6.45, 7) is 0. The van der Waals surface area contributed by atoms with Crippen molar-refractivity contribution in [1.29, 1.82) is 0 Å². The fourth-order valence-electron chi connectivity index (χ4n) is 2.41. The van der Waals surface area contributed by atoms with Gasteiger partial charge in [0.2, 0.25) is 0 Å². The van der Waals surface area contributed by atoms with Gasteiger partial charge in [-0.05, 0) is 23.8 Å². The first-order chi connectivity index (χ1) is 11.1. The van der Waals surface area contributed by atoms with Crippen molar-refractivity contribution in [3.63, 3.8) is 0 Å². The third-order valence-corrected chi connectivity index (χ3v) is 4.92. The Labute approximate surface area is 135 Å². The maximum Gasteiger partial charge on any atom is 0.264 e. The van der Waals surface area contributed by atoms with Gasteiger partial charge in [-0.2, -0.15) is 0 Å². The monoisotopic (exact) mass is 324 g/mol. The van der Waals surface area contributed by atoms with Crippen molar-refractivity contribution in [2.45, 2.75) is 4.90 Å². The fraction of sp³-hybridized carbons (Fsp3) is 0. The number of nitrogens with one attached hydrogen (secondary N) is 1. The van der Waals surface area contributed by atoms with Crippen LogP contribution in [0.15, 0.2) is 83.8 Å². The molecule has 5 heteroatoms. The minimum Gasteiger partial charge on any atom is -0.398 e. The molecule has 0 heterocycles. The highest BCUT2D eigenvalue weighted by Crippen LogP contribution is 2.32. The molecule has 0 aromatic heterocycles. The van der Waals surface area contributed by atoms with E-state index in [2.05, 4.69) is 4.72 Å². The smallest absolute Gasteiger partial charge is 0.264 e. The van der Waals surface area contributed by atoms with Gasteiger partial charge in [0.25, 0.3) is 10.0 Å². The first-order valence-electron chi connectivity index (χ1n) is 7.10. The Balaban J connectivity index is 2.12. The molecule has 0 bridgehead atoms. The average Bonchev–Trinajstić information content (AvgIpc) is 2.55. The second-order valence-corrected chi connectivity index (χ2v) is 6.68. The summed E-state index contributed by atoms with van der Waals surface area (Å²) in [6, 6.07) is 23.2. The van der Waals surface area contributed by atoms with Gasteiger partial charge in [-0.15, -0.1) is 0 Å². The van der Waals surface area contributed by atoms with E-state index >= 15 is 0 Å². The van der Waals surface area contributed by atoms with Gasteiger partial charge in [-0.1, -0.05) is 60.7 Å². The molecule has 0 atom stereocenters.